The Balaban J connectivity index is 2.88. The molecule has 3 heteroatoms. The zero-order chi connectivity index (χ0) is 7.11. The van der Waals surface area contributed by atoms with E-state index in [1.807, 2.05) is 0 Å². The van der Waals surface area contributed by atoms with Crippen molar-refractivity contribution in [3.05, 3.63) is 0 Å². The van der Waals surface area contributed by atoms with Gasteiger partial charge >= 0.3 is 62.6 Å². The van der Waals surface area contributed by atoms with Gasteiger partial charge in [-0.3, -0.25) is 0 Å². The third-order valence-corrected chi connectivity index (χ3v) is 1.83. The van der Waals surface area contributed by atoms with Gasteiger partial charge in [0.15, 0.2) is 0 Å². The molecular formula is C6H15CoNO. The van der Waals surface area contributed by atoms with Crippen molar-refractivity contribution in [3.63, 3.8) is 0 Å². The molecule has 3 N–H and O–H groups in total. The van der Waals surface area contributed by atoms with Crippen LogP contribution >= 0.6 is 0 Å². The van der Waals surface area contributed by atoms with Gasteiger partial charge in [-0.25, -0.2) is 0 Å². The monoisotopic (exact) mass is 176 g/mol. The summed E-state index contributed by atoms with van der Waals surface area (Å²) in [5, 5.41) is 0. The van der Waals surface area contributed by atoms with E-state index in [2.05, 4.69) is 6.92 Å². The number of hydrogen-bond donors (Lipinski definition) is 2. The Hall–Kier alpha value is 0.426. The molecule has 0 aliphatic carbocycles. The summed E-state index contributed by atoms with van der Waals surface area (Å²) in [5.41, 5.74) is 5.45. The van der Waals surface area contributed by atoms with Crippen LogP contribution in [0.15, 0.2) is 0 Å². The number of hydrogen-bond acceptors (Lipinski definition) is 2. The van der Waals surface area contributed by atoms with Gasteiger partial charge in [0.05, 0.1) is 0 Å². The Labute approximate surface area is 63.1 Å². The van der Waals surface area contributed by atoms with Gasteiger partial charge in [0, 0.05) is 0 Å². The molecule has 0 aromatic carbocycles. The molecule has 0 bridgehead atoms. The molecule has 9 heavy (non-hydrogen) atoms. The first-order valence-electron chi connectivity index (χ1n) is 3.29. The van der Waals surface area contributed by atoms with Crippen molar-refractivity contribution in [2.45, 2.75) is 37.6 Å². The molecule has 0 saturated heterocycles. The third kappa shape index (κ3) is 6.31. The Kier molecular flexibility index (Phi) is 6.86. The summed E-state index contributed by atoms with van der Waals surface area (Å²) in [6, 6.07) is 0. The van der Waals surface area contributed by atoms with Crippen LogP contribution in [0.1, 0.15) is 32.6 Å². The van der Waals surface area contributed by atoms with Gasteiger partial charge in [-0.15, -0.1) is 0 Å². The van der Waals surface area contributed by atoms with Gasteiger partial charge < -0.3 is 0 Å². The summed E-state index contributed by atoms with van der Waals surface area (Å²) in [5.74, 6) is 0. The molecule has 0 aliphatic rings. The van der Waals surface area contributed by atoms with Gasteiger partial charge in [0.2, 0.25) is 0 Å². The van der Waals surface area contributed by atoms with Crippen LogP contribution in [0.5, 0.6) is 0 Å². The quantitative estimate of drug-likeness (QED) is 0.610. The van der Waals surface area contributed by atoms with E-state index < -0.39 is 0 Å². The second kappa shape index (κ2) is 6.55. The first-order valence-corrected chi connectivity index (χ1v) is 4.36. The van der Waals surface area contributed by atoms with E-state index in [1.165, 1.54) is 12.8 Å². The molecule has 59 valence electrons. The maximum absolute atomic E-state index is 8.48. The molecule has 1 atom stereocenters. The molecule has 0 rings (SSSR count). The summed E-state index contributed by atoms with van der Waals surface area (Å²) in [6.45, 7) is 2.15. The van der Waals surface area contributed by atoms with Gasteiger partial charge in [-0.1, -0.05) is 0 Å². The van der Waals surface area contributed by atoms with Crippen LogP contribution in [0.25, 0.3) is 0 Å². The summed E-state index contributed by atoms with van der Waals surface area (Å²) >= 11 is 0.363. The van der Waals surface area contributed by atoms with Crippen molar-refractivity contribution in [2.75, 3.05) is 0 Å². The SMILES string of the molecule is CCCCC[CH](N)[Co][OH]. The van der Waals surface area contributed by atoms with Crippen LogP contribution in [0.4, 0.5) is 0 Å². The van der Waals surface area contributed by atoms with Crippen LogP contribution < -0.4 is 5.73 Å². The second-order valence-corrected chi connectivity index (χ2v) is 3.11. The average molecular weight is 176 g/mol. The van der Waals surface area contributed by atoms with E-state index in [0.717, 1.165) is 12.8 Å². The molecule has 0 radical (unpaired) electrons. The molecule has 1 unspecified atom stereocenters. The van der Waals surface area contributed by atoms with E-state index in [-0.39, 0.29) is 4.98 Å². The fraction of sp³-hybridized carbons (Fsp3) is 1.00. The van der Waals surface area contributed by atoms with E-state index in [0.29, 0.717) is 15.0 Å². The standard InChI is InChI=1S/C6H14N.Co.H2O/c1-2-3-4-5-6-7;;/h6H,2-5,7H2,1H3;;1H2/q;+1;/p-1. The normalized spacial score (nSPS) is 14.1. The van der Waals surface area contributed by atoms with Crippen molar-refractivity contribution >= 4 is 0 Å². The minimum absolute atomic E-state index is 0.0206. The topological polar surface area (TPSA) is 46.2 Å². The first-order chi connectivity index (χ1) is 4.31. The summed E-state index contributed by atoms with van der Waals surface area (Å²) < 4.78 is 8.48. The molecule has 0 aromatic rings. The van der Waals surface area contributed by atoms with Crippen LogP contribution in [0, 0.1) is 0 Å². The molecule has 2 nitrogen and oxygen atoms in total. The van der Waals surface area contributed by atoms with E-state index >= 15 is 0 Å². The fourth-order valence-electron chi connectivity index (χ4n) is 0.623. The Bertz CT molecular complexity index is 61.0. The van der Waals surface area contributed by atoms with Gasteiger partial charge in [-0.2, -0.15) is 0 Å². The van der Waals surface area contributed by atoms with Crippen LogP contribution in [0.3, 0.4) is 0 Å². The van der Waals surface area contributed by atoms with Crippen molar-refractivity contribution in [1.29, 1.82) is 0 Å². The Morgan fingerprint density at radius 1 is 1.56 bits per heavy atom. The predicted octanol–water partition coefficient (Wildman–Crippen LogP) is 0.841. The van der Waals surface area contributed by atoms with Crippen LogP contribution in [0.2, 0.25) is 0 Å². The number of unbranched alkanes of at least 4 members (excludes halogenated alkanes) is 2. The predicted molar refractivity (Wildman–Crippen MR) is 34.3 cm³/mol. The number of nitrogens with two attached hydrogens (primary N) is 1. The van der Waals surface area contributed by atoms with E-state index in [9.17, 15) is 0 Å². The molecule has 0 fully saturated rings. The molecule has 0 aliphatic heterocycles. The summed E-state index contributed by atoms with van der Waals surface area (Å²) in [6.07, 6.45) is 4.53. The van der Waals surface area contributed by atoms with Crippen LogP contribution in [-0.2, 0) is 15.0 Å². The molecule has 0 saturated carbocycles. The van der Waals surface area contributed by atoms with Gasteiger partial charge in [0.1, 0.15) is 0 Å². The summed E-state index contributed by atoms with van der Waals surface area (Å²) in [7, 11) is 0. The minimum atomic E-state index is -0.0206. The van der Waals surface area contributed by atoms with Gasteiger partial charge in [0.25, 0.3) is 0 Å². The maximum atomic E-state index is 8.48. The molecular weight excluding hydrogens is 161 g/mol. The zero-order valence-electron chi connectivity index (χ0n) is 5.76. The van der Waals surface area contributed by atoms with Crippen molar-refractivity contribution in [3.8, 4) is 0 Å². The first kappa shape index (κ1) is 9.43. The average Bonchev–Trinajstić information content (AvgIpc) is 1.89. The Morgan fingerprint density at radius 3 is 2.67 bits per heavy atom. The van der Waals surface area contributed by atoms with Crippen molar-refractivity contribution < 1.29 is 19.2 Å². The molecule has 0 amide bonds. The van der Waals surface area contributed by atoms with E-state index in [4.69, 9.17) is 9.95 Å². The van der Waals surface area contributed by atoms with E-state index in [1.54, 1.807) is 0 Å². The number of rotatable bonds is 5. The molecule has 0 aromatic heterocycles. The van der Waals surface area contributed by atoms with Gasteiger partial charge in [-0.05, 0) is 0 Å². The second-order valence-electron chi connectivity index (χ2n) is 2.06. The molecule has 0 spiro atoms. The van der Waals surface area contributed by atoms with Crippen molar-refractivity contribution in [1.82, 2.24) is 0 Å². The Morgan fingerprint density at radius 2 is 2.22 bits per heavy atom. The summed E-state index contributed by atoms with van der Waals surface area (Å²) in [4.78, 5) is -0.0206. The van der Waals surface area contributed by atoms with Crippen molar-refractivity contribution in [2.24, 2.45) is 5.73 Å². The molecule has 0 heterocycles. The third-order valence-electron chi connectivity index (χ3n) is 1.18. The zero-order valence-corrected chi connectivity index (χ0v) is 6.80. The van der Waals surface area contributed by atoms with Crippen LogP contribution in [-0.4, -0.2) is 9.20 Å². The fourth-order valence-corrected chi connectivity index (χ4v) is 0.970.